The van der Waals surface area contributed by atoms with Gasteiger partial charge in [0.25, 0.3) is 0 Å². The molecule has 6 atom stereocenters. The van der Waals surface area contributed by atoms with Crippen LogP contribution in [0.5, 0.6) is 0 Å². The third kappa shape index (κ3) is 9.55. The van der Waals surface area contributed by atoms with E-state index in [1.54, 1.807) is 20.8 Å². The zero-order valence-electron chi connectivity index (χ0n) is 18.4. The van der Waals surface area contributed by atoms with E-state index < -0.39 is 60.2 Å². The van der Waals surface area contributed by atoms with E-state index in [1.807, 2.05) is 6.92 Å². The molecule has 0 radical (unpaired) electrons. The number of aliphatic carboxylic acids is 1. The van der Waals surface area contributed by atoms with Crippen molar-refractivity contribution < 1.29 is 29.1 Å². The van der Waals surface area contributed by atoms with E-state index in [4.69, 9.17) is 11.5 Å². The van der Waals surface area contributed by atoms with Crippen molar-refractivity contribution in [2.24, 2.45) is 23.3 Å². The molecular formula is C19H35N5O6S. The predicted molar refractivity (Wildman–Crippen MR) is 118 cm³/mol. The molecule has 0 bridgehead atoms. The molecule has 31 heavy (non-hydrogen) atoms. The summed E-state index contributed by atoms with van der Waals surface area (Å²) < 4.78 is 0. The van der Waals surface area contributed by atoms with Gasteiger partial charge < -0.3 is 32.5 Å². The molecule has 0 aliphatic heterocycles. The molecule has 0 saturated heterocycles. The lowest BCUT2D eigenvalue weighted by atomic mass is 9.98. The lowest BCUT2D eigenvalue weighted by Gasteiger charge is -2.26. The van der Waals surface area contributed by atoms with Crippen LogP contribution in [-0.4, -0.2) is 64.6 Å². The maximum absolute atomic E-state index is 12.7. The second-order valence-electron chi connectivity index (χ2n) is 7.60. The summed E-state index contributed by atoms with van der Waals surface area (Å²) in [5, 5.41) is 16.5. The van der Waals surface area contributed by atoms with Crippen molar-refractivity contribution in [2.45, 2.75) is 71.1 Å². The van der Waals surface area contributed by atoms with Crippen LogP contribution in [-0.2, 0) is 24.0 Å². The summed E-state index contributed by atoms with van der Waals surface area (Å²) in [4.78, 5) is 60.3. The highest BCUT2D eigenvalue weighted by atomic mass is 32.1. The van der Waals surface area contributed by atoms with E-state index in [2.05, 4.69) is 28.6 Å². The highest BCUT2D eigenvalue weighted by Gasteiger charge is 2.32. The Morgan fingerprint density at radius 1 is 0.871 bits per heavy atom. The lowest BCUT2D eigenvalue weighted by molar-refractivity contribution is -0.143. The molecule has 0 aromatic rings. The van der Waals surface area contributed by atoms with Crippen LogP contribution >= 0.6 is 12.6 Å². The number of thiol groups is 1. The normalized spacial score (nSPS) is 16.7. The van der Waals surface area contributed by atoms with Crippen LogP contribution in [0.2, 0.25) is 0 Å². The number of carbonyl (C=O) groups excluding carboxylic acids is 4. The zero-order chi connectivity index (χ0) is 24.3. The number of primary amides is 1. The average molecular weight is 462 g/mol. The summed E-state index contributed by atoms with van der Waals surface area (Å²) >= 11 is 4.04. The fourth-order valence-electron chi connectivity index (χ4n) is 2.59. The minimum atomic E-state index is -1.35. The summed E-state index contributed by atoms with van der Waals surface area (Å²) in [5.74, 6) is -4.93. The number of carbonyl (C=O) groups is 5. The van der Waals surface area contributed by atoms with Crippen LogP contribution in [0.1, 0.15) is 47.0 Å². The number of carboxylic acids is 1. The van der Waals surface area contributed by atoms with Crippen molar-refractivity contribution in [1.82, 2.24) is 16.0 Å². The molecule has 0 aromatic heterocycles. The molecule has 178 valence electrons. The molecule has 12 heteroatoms. The highest BCUT2D eigenvalue weighted by Crippen LogP contribution is 2.09. The van der Waals surface area contributed by atoms with Crippen LogP contribution in [0.4, 0.5) is 0 Å². The van der Waals surface area contributed by atoms with Gasteiger partial charge in [-0.25, -0.2) is 4.79 Å². The molecule has 4 amide bonds. The Balaban J connectivity index is 5.34. The van der Waals surface area contributed by atoms with Crippen molar-refractivity contribution in [3.63, 3.8) is 0 Å². The van der Waals surface area contributed by atoms with Crippen LogP contribution in [0.3, 0.4) is 0 Å². The summed E-state index contributed by atoms with van der Waals surface area (Å²) in [6.07, 6.45) is 0.638. The second kappa shape index (κ2) is 13.9. The second-order valence-corrected chi connectivity index (χ2v) is 7.96. The predicted octanol–water partition coefficient (Wildman–Crippen LogP) is -1.25. The van der Waals surface area contributed by atoms with E-state index in [9.17, 15) is 29.1 Å². The van der Waals surface area contributed by atoms with E-state index >= 15 is 0 Å². The Labute approximate surface area is 187 Å². The van der Waals surface area contributed by atoms with Gasteiger partial charge in [0.15, 0.2) is 0 Å². The van der Waals surface area contributed by atoms with Gasteiger partial charge >= 0.3 is 5.97 Å². The van der Waals surface area contributed by atoms with Gasteiger partial charge in [-0.3, -0.25) is 19.2 Å². The number of rotatable bonds is 14. The van der Waals surface area contributed by atoms with E-state index in [0.717, 1.165) is 0 Å². The average Bonchev–Trinajstić information content (AvgIpc) is 2.72. The van der Waals surface area contributed by atoms with Crippen molar-refractivity contribution in [2.75, 3.05) is 5.75 Å². The summed E-state index contributed by atoms with van der Waals surface area (Å²) in [6.45, 7) is 7.08. The first-order valence-corrected chi connectivity index (χ1v) is 10.8. The molecule has 11 nitrogen and oxygen atoms in total. The van der Waals surface area contributed by atoms with Gasteiger partial charge in [-0.1, -0.05) is 40.5 Å². The summed E-state index contributed by atoms with van der Waals surface area (Å²) in [5.41, 5.74) is 11.0. The molecule has 0 aliphatic rings. The molecule has 0 fully saturated rings. The highest BCUT2D eigenvalue weighted by molar-refractivity contribution is 7.80. The van der Waals surface area contributed by atoms with Crippen LogP contribution in [0.15, 0.2) is 0 Å². The Kier molecular flexibility index (Phi) is 12.8. The van der Waals surface area contributed by atoms with Gasteiger partial charge in [0.1, 0.15) is 18.1 Å². The smallest absolute Gasteiger partial charge is 0.326 e. The van der Waals surface area contributed by atoms with E-state index in [1.165, 1.54) is 0 Å². The minimum absolute atomic E-state index is 0.145. The number of hydrogen-bond donors (Lipinski definition) is 7. The van der Waals surface area contributed by atoms with Crippen molar-refractivity contribution in [1.29, 1.82) is 0 Å². The van der Waals surface area contributed by atoms with Crippen LogP contribution < -0.4 is 27.4 Å². The van der Waals surface area contributed by atoms with Crippen molar-refractivity contribution in [3.05, 3.63) is 0 Å². The quantitative estimate of drug-likeness (QED) is 0.157. The number of nitrogens with one attached hydrogen (secondary N) is 3. The maximum Gasteiger partial charge on any atom is 0.326 e. The maximum atomic E-state index is 12.7. The van der Waals surface area contributed by atoms with Crippen LogP contribution in [0.25, 0.3) is 0 Å². The van der Waals surface area contributed by atoms with Crippen molar-refractivity contribution in [3.8, 4) is 0 Å². The van der Waals surface area contributed by atoms with E-state index in [0.29, 0.717) is 12.8 Å². The monoisotopic (exact) mass is 461 g/mol. The molecule has 0 aromatic carbocycles. The first-order chi connectivity index (χ1) is 14.4. The Hall–Kier alpha value is -2.34. The summed E-state index contributed by atoms with van der Waals surface area (Å²) in [7, 11) is 0. The molecule has 0 saturated carbocycles. The third-order valence-corrected chi connectivity index (χ3v) is 5.56. The Morgan fingerprint density at radius 2 is 1.35 bits per heavy atom. The number of carboxylic acid groups (broad SMARTS) is 1. The zero-order valence-corrected chi connectivity index (χ0v) is 19.3. The lowest BCUT2D eigenvalue weighted by Crippen LogP contribution is -2.59. The van der Waals surface area contributed by atoms with Crippen LogP contribution in [0, 0.1) is 11.8 Å². The first kappa shape index (κ1) is 28.7. The van der Waals surface area contributed by atoms with Gasteiger partial charge in [-0.05, 0) is 11.8 Å². The number of nitrogens with two attached hydrogens (primary N) is 2. The Bertz CT molecular complexity index is 662. The Morgan fingerprint density at radius 3 is 1.77 bits per heavy atom. The fourth-order valence-corrected chi connectivity index (χ4v) is 2.85. The topological polar surface area (TPSA) is 194 Å². The number of hydrogen-bond acceptors (Lipinski definition) is 7. The van der Waals surface area contributed by atoms with Crippen molar-refractivity contribution >= 4 is 42.2 Å². The molecule has 8 N–H and O–H groups in total. The van der Waals surface area contributed by atoms with Gasteiger partial charge in [0, 0.05) is 5.75 Å². The van der Waals surface area contributed by atoms with Gasteiger partial charge in [0.05, 0.1) is 12.5 Å². The fraction of sp³-hybridized carbons (Fsp3) is 0.737. The molecule has 0 aliphatic carbocycles. The van der Waals surface area contributed by atoms with Gasteiger partial charge in [-0.2, -0.15) is 12.6 Å². The minimum Gasteiger partial charge on any atom is -0.480 e. The molecule has 0 rings (SSSR count). The molecule has 6 unspecified atom stereocenters. The largest absolute Gasteiger partial charge is 0.480 e. The first-order valence-electron chi connectivity index (χ1n) is 10.2. The SMILES string of the molecule is CCC(C)C(N)C(=O)NC(CC(N)=O)C(=O)NC(CS)C(=O)NC(C(=O)O)C(C)CC. The molecular weight excluding hydrogens is 426 g/mol. The number of amides is 4. The standard InChI is InChI=1S/C19H35N5O6S/c1-5-9(3)14(21)18(28)22-11(7-13(20)25)16(26)23-12(8-31)17(27)24-15(19(29)30)10(4)6-2/h9-12,14-15,31H,5-8,21H2,1-4H3,(H2,20,25)(H,22,28)(H,23,26)(H,24,27)(H,29,30). The summed E-state index contributed by atoms with van der Waals surface area (Å²) in [6, 6.07) is -4.59. The van der Waals surface area contributed by atoms with Gasteiger partial charge in [-0.15, -0.1) is 0 Å². The molecule has 0 heterocycles. The third-order valence-electron chi connectivity index (χ3n) is 5.19. The molecule has 0 spiro atoms. The van der Waals surface area contributed by atoms with Gasteiger partial charge in [0.2, 0.25) is 23.6 Å². The van der Waals surface area contributed by atoms with E-state index in [-0.39, 0.29) is 17.6 Å².